The molecule has 2 aliphatic rings. The van der Waals surface area contributed by atoms with Crippen LogP contribution in [0.4, 0.5) is 5.69 Å². The van der Waals surface area contributed by atoms with Gasteiger partial charge in [0.25, 0.3) is 5.91 Å². The third kappa shape index (κ3) is 6.21. The third-order valence-electron chi connectivity index (χ3n) is 7.04. The minimum absolute atomic E-state index is 0.00188. The monoisotopic (exact) mass is 477 g/mol. The lowest BCUT2D eigenvalue weighted by Crippen LogP contribution is -2.49. The highest BCUT2D eigenvalue weighted by Gasteiger charge is 2.35. The van der Waals surface area contributed by atoms with Crippen LogP contribution in [0, 0.1) is 5.92 Å². The summed E-state index contributed by atoms with van der Waals surface area (Å²) < 4.78 is 5.74. The molecule has 0 aromatic heterocycles. The molecular formula is C28H35N3O4. The molecule has 1 N–H and O–H groups in total. The molecule has 0 radical (unpaired) electrons. The van der Waals surface area contributed by atoms with E-state index >= 15 is 0 Å². The fourth-order valence-electron chi connectivity index (χ4n) is 5.11. The van der Waals surface area contributed by atoms with Gasteiger partial charge < -0.3 is 19.9 Å². The lowest BCUT2D eigenvalue weighted by molar-refractivity contribution is -0.139. The molecule has 0 bridgehead atoms. The quantitative estimate of drug-likeness (QED) is 0.631. The molecule has 7 nitrogen and oxygen atoms in total. The molecule has 2 aliphatic heterocycles. The number of rotatable bonds is 8. The van der Waals surface area contributed by atoms with Gasteiger partial charge in [0.05, 0.1) is 5.92 Å². The molecule has 35 heavy (non-hydrogen) atoms. The summed E-state index contributed by atoms with van der Waals surface area (Å²) in [5, 5.41) is 2.96. The predicted octanol–water partition coefficient (Wildman–Crippen LogP) is 3.57. The molecule has 0 unspecified atom stereocenters. The first kappa shape index (κ1) is 24.8. The molecule has 3 atom stereocenters. The van der Waals surface area contributed by atoms with Gasteiger partial charge in [-0.2, -0.15) is 0 Å². The van der Waals surface area contributed by atoms with Crippen molar-refractivity contribution in [2.75, 3.05) is 24.6 Å². The molecule has 186 valence electrons. The van der Waals surface area contributed by atoms with E-state index in [9.17, 15) is 14.4 Å². The smallest absolute Gasteiger partial charge is 0.260 e. The van der Waals surface area contributed by atoms with Crippen LogP contribution in [0.3, 0.4) is 0 Å². The van der Waals surface area contributed by atoms with Crippen molar-refractivity contribution in [3.8, 4) is 5.75 Å². The van der Waals surface area contributed by atoms with Gasteiger partial charge in [0, 0.05) is 37.3 Å². The van der Waals surface area contributed by atoms with Crippen molar-refractivity contribution in [2.45, 2.75) is 58.0 Å². The second-order valence-corrected chi connectivity index (χ2v) is 9.64. The fraction of sp³-hybridized carbons (Fsp3) is 0.464. The number of benzene rings is 2. The van der Waals surface area contributed by atoms with Crippen LogP contribution in [-0.4, -0.2) is 54.4 Å². The number of nitrogens with zero attached hydrogens (tertiary/aromatic N) is 2. The fourth-order valence-corrected chi connectivity index (χ4v) is 5.11. The number of anilines is 1. The summed E-state index contributed by atoms with van der Waals surface area (Å²) in [6.45, 7) is 5.09. The van der Waals surface area contributed by atoms with Crippen LogP contribution in [0.25, 0.3) is 0 Å². The minimum Gasteiger partial charge on any atom is -0.484 e. The molecule has 2 aromatic rings. The highest BCUT2D eigenvalue weighted by molar-refractivity contribution is 6.00. The third-order valence-corrected chi connectivity index (χ3v) is 7.04. The van der Waals surface area contributed by atoms with E-state index in [0.717, 1.165) is 31.4 Å². The van der Waals surface area contributed by atoms with Crippen molar-refractivity contribution in [1.82, 2.24) is 10.2 Å². The van der Waals surface area contributed by atoms with Gasteiger partial charge in [-0.25, -0.2) is 0 Å². The Morgan fingerprint density at radius 3 is 2.37 bits per heavy atom. The average Bonchev–Trinajstić information content (AvgIpc) is 3.25. The van der Waals surface area contributed by atoms with E-state index in [0.29, 0.717) is 18.8 Å². The topological polar surface area (TPSA) is 79.0 Å². The van der Waals surface area contributed by atoms with Crippen molar-refractivity contribution in [1.29, 1.82) is 0 Å². The van der Waals surface area contributed by atoms with Crippen molar-refractivity contribution in [3.63, 3.8) is 0 Å². The van der Waals surface area contributed by atoms with E-state index in [1.54, 1.807) is 29.2 Å². The molecule has 3 amide bonds. The molecule has 2 heterocycles. The average molecular weight is 478 g/mol. The van der Waals surface area contributed by atoms with Crippen molar-refractivity contribution < 1.29 is 19.1 Å². The second-order valence-electron chi connectivity index (χ2n) is 9.64. The number of hydrogen-bond acceptors (Lipinski definition) is 4. The number of carbonyl (C=O) groups excluding carboxylic acids is 3. The summed E-state index contributed by atoms with van der Waals surface area (Å²) in [6, 6.07) is 17.6. The Balaban J connectivity index is 1.26. The Hall–Kier alpha value is -3.35. The van der Waals surface area contributed by atoms with Gasteiger partial charge in [0.15, 0.2) is 6.61 Å². The van der Waals surface area contributed by atoms with Gasteiger partial charge in [0.1, 0.15) is 5.75 Å². The zero-order valence-electron chi connectivity index (χ0n) is 20.6. The zero-order chi connectivity index (χ0) is 24.8. The zero-order valence-corrected chi connectivity index (χ0v) is 20.6. The van der Waals surface area contributed by atoms with Gasteiger partial charge >= 0.3 is 0 Å². The summed E-state index contributed by atoms with van der Waals surface area (Å²) in [5.74, 6) is 0.0766. The summed E-state index contributed by atoms with van der Waals surface area (Å²) in [5.41, 5.74) is 1.90. The molecule has 0 saturated carbocycles. The van der Waals surface area contributed by atoms with E-state index in [2.05, 4.69) is 19.2 Å². The minimum atomic E-state index is -0.361. The molecule has 2 fully saturated rings. The van der Waals surface area contributed by atoms with Gasteiger partial charge in [-0.1, -0.05) is 30.3 Å². The first-order valence-electron chi connectivity index (χ1n) is 12.6. The van der Waals surface area contributed by atoms with Crippen LogP contribution >= 0.6 is 0 Å². The molecule has 0 aliphatic carbocycles. The number of amides is 3. The summed E-state index contributed by atoms with van der Waals surface area (Å²) in [6.07, 6.45) is 4.17. The van der Waals surface area contributed by atoms with E-state index in [4.69, 9.17) is 4.74 Å². The Labute approximate surface area is 207 Å². The number of hydrogen-bond donors (Lipinski definition) is 1. The standard InChI is InChI=1S/C28H35N3O4/c1-20-7-6-8-21(2)31(20)27(33)19-35-25-13-11-24(12-14-25)30-18-23(17-26(30)32)28(34)29-16-15-22-9-4-3-5-10-22/h3-5,9-14,20-21,23H,6-8,15-19H2,1-2H3,(H,29,34)/t20-,21+,23-/m1/s1. The SMILES string of the molecule is C[C@@H]1CCC[C@H](C)N1C(=O)COc1ccc(N2C[C@H](C(=O)NCCc3ccccc3)CC2=O)cc1. The van der Waals surface area contributed by atoms with Crippen LogP contribution in [0.15, 0.2) is 54.6 Å². The summed E-state index contributed by atoms with van der Waals surface area (Å²) >= 11 is 0. The molecule has 4 rings (SSSR count). The second kappa shape index (κ2) is 11.4. The Bertz CT molecular complexity index is 1010. The van der Waals surface area contributed by atoms with Gasteiger partial charge in [-0.3, -0.25) is 14.4 Å². The number of piperidine rings is 1. The number of ether oxygens (including phenoxy) is 1. The van der Waals surface area contributed by atoms with E-state index in [1.807, 2.05) is 35.2 Å². The van der Waals surface area contributed by atoms with Crippen molar-refractivity contribution >= 4 is 23.4 Å². The number of nitrogens with one attached hydrogen (secondary N) is 1. The van der Waals surface area contributed by atoms with Gasteiger partial charge in [-0.15, -0.1) is 0 Å². The molecule has 7 heteroatoms. The Morgan fingerprint density at radius 2 is 1.69 bits per heavy atom. The van der Waals surface area contributed by atoms with Crippen LogP contribution in [-0.2, 0) is 20.8 Å². The first-order chi connectivity index (χ1) is 16.9. The van der Waals surface area contributed by atoms with Crippen LogP contribution in [0.5, 0.6) is 5.75 Å². The van der Waals surface area contributed by atoms with Crippen LogP contribution in [0.1, 0.15) is 45.1 Å². The Kier molecular flexibility index (Phi) is 8.06. The highest BCUT2D eigenvalue weighted by atomic mass is 16.5. The maximum atomic E-state index is 12.7. The van der Waals surface area contributed by atoms with Gasteiger partial charge in [-0.05, 0) is 69.4 Å². The predicted molar refractivity (Wildman–Crippen MR) is 135 cm³/mol. The van der Waals surface area contributed by atoms with Gasteiger partial charge in [0.2, 0.25) is 11.8 Å². The maximum absolute atomic E-state index is 12.7. The Morgan fingerprint density at radius 1 is 1.00 bits per heavy atom. The molecule has 2 saturated heterocycles. The number of likely N-dealkylation sites (tertiary alicyclic amines) is 1. The van der Waals surface area contributed by atoms with E-state index < -0.39 is 0 Å². The largest absolute Gasteiger partial charge is 0.484 e. The lowest BCUT2D eigenvalue weighted by atomic mass is 9.97. The number of carbonyl (C=O) groups is 3. The highest BCUT2D eigenvalue weighted by Crippen LogP contribution is 2.27. The summed E-state index contributed by atoms with van der Waals surface area (Å²) in [7, 11) is 0. The molecular weight excluding hydrogens is 442 g/mol. The van der Waals surface area contributed by atoms with Crippen LogP contribution in [0.2, 0.25) is 0 Å². The van der Waals surface area contributed by atoms with Crippen LogP contribution < -0.4 is 15.0 Å². The normalized spacial score (nSPS) is 22.2. The van der Waals surface area contributed by atoms with Crippen molar-refractivity contribution in [3.05, 3.63) is 60.2 Å². The molecule has 0 spiro atoms. The first-order valence-corrected chi connectivity index (χ1v) is 12.6. The van der Waals surface area contributed by atoms with E-state index in [1.165, 1.54) is 5.56 Å². The van der Waals surface area contributed by atoms with E-state index in [-0.39, 0.29) is 48.8 Å². The molecule has 2 aromatic carbocycles. The maximum Gasteiger partial charge on any atom is 0.260 e. The van der Waals surface area contributed by atoms with Crippen molar-refractivity contribution in [2.24, 2.45) is 5.92 Å². The lowest BCUT2D eigenvalue weighted by Gasteiger charge is -2.38. The summed E-state index contributed by atoms with van der Waals surface area (Å²) in [4.78, 5) is 41.4.